The van der Waals surface area contributed by atoms with Crippen molar-refractivity contribution in [2.24, 2.45) is 0 Å². The van der Waals surface area contributed by atoms with Crippen molar-refractivity contribution < 1.29 is 23.4 Å². The number of furan rings is 1. The number of rotatable bonds is 3. The maximum absolute atomic E-state index is 12.8. The summed E-state index contributed by atoms with van der Waals surface area (Å²) in [5.41, 5.74) is 2.98. The average Bonchev–Trinajstić information content (AvgIpc) is 3.29. The second-order valence-electron chi connectivity index (χ2n) is 7.82. The van der Waals surface area contributed by atoms with Crippen LogP contribution in [0.25, 0.3) is 17.0 Å². The molecule has 0 saturated heterocycles. The third-order valence-electron chi connectivity index (χ3n) is 5.22. The summed E-state index contributed by atoms with van der Waals surface area (Å²) in [7, 11) is 0. The third kappa shape index (κ3) is 3.01. The predicted octanol–water partition coefficient (Wildman–Crippen LogP) is 4.58. The van der Waals surface area contributed by atoms with E-state index < -0.39 is 0 Å². The molecule has 0 aliphatic carbocycles. The van der Waals surface area contributed by atoms with E-state index in [1.54, 1.807) is 0 Å². The van der Waals surface area contributed by atoms with Gasteiger partial charge >= 0.3 is 0 Å². The lowest BCUT2D eigenvalue weighted by Crippen LogP contribution is -2.27. The van der Waals surface area contributed by atoms with Crippen LogP contribution in [0.4, 0.5) is 0 Å². The highest BCUT2D eigenvalue weighted by molar-refractivity contribution is 6.02. The van der Waals surface area contributed by atoms with Crippen molar-refractivity contribution in [2.75, 3.05) is 6.79 Å². The van der Waals surface area contributed by atoms with Gasteiger partial charge in [0.1, 0.15) is 16.9 Å². The fraction of sp³-hybridized carbons (Fsp3) is 0.261. The van der Waals surface area contributed by atoms with E-state index in [1.165, 1.54) is 0 Å². The Kier molecular flexibility index (Phi) is 3.84. The van der Waals surface area contributed by atoms with Gasteiger partial charge in [-0.2, -0.15) is 0 Å². The van der Waals surface area contributed by atoms with Gasteiger partial charge in [0.2, 0.25) is 6.79 Å². The normalized spacial score (nSPS) is 15.8. The smallest absolute Gasteiger partial charge is 0.287 e. The molecule has 0 atom stereocenters. The van der Waals surface area contributed by atoms with Crippen LogP contribution in [0.2, 0.25) is 0 Å². The Morgan fingerprint density at radius 1 is 1.10 bits per heavy atom. The molecule has 0 saturated carbocycles. The van der Waals surface area contributed by atoms with Gasteiger partial charge in [-0.25, -0.2) is 0 Å². The molecule has 6 heteroatoms. The molecular formula is C23H21NO5. The van der Waals surface area contributed by atoms with Gasteiger partial charge in [-0.3, -0.25) is 4.79 Å². The molecule has 2 aromatic carbocycles. The predicted molar refractivity (Wildman–Crippen MR) is 108 cm³/mol. The summed E-state index contributed by atoms with van der Waals surface area (Å²) in [5.74, 6) is 2.26. The Morgan fingerprint density at radius 2 is 1.90 bits per heavy atom. The molecule has 2 aliphatic rings. The Labute approximate surface area is 168 Å². The number of amides is 1. The average molecular weight is 391 g/mol. The summed E-state index contributed by atoms with van der Waals surface area (Å²) in [5, 5.41) is 3.83. The molecule has 0 fully saturated rings. The van der Waals surface area contributed by atoms with Crippen LogP contribution in [0, 0.1) is 6.92 Å². The molecule has 1 aromatic heterocycles. The lowest BCUT2D eigenvalue weighted by atomic mass is 9.98. The van der Waals surface area contributed by atoms with E-state index in [-0.39, 0.29) is 18.3 Å². The van der Waals surface area contributed by atoms with Crippen molar-refractivity contribution in [3.8, 4) is 17.2 Å². The van der Waals surface area contributed by atoms with E-state index in [0.29, 0.717) is 23.6 Å². The Morgan fingerprint density at radius 3 is 2.76 bits per heavy atom. The Balaban J connectivity index is 1.41. The van der Waals surface area contributed by atoms with E-state index in [9.17, 15) is 4.79 Å². The van der Waals surface area contributed by atoms with Gasteiger partial charge in [0, 0.05) is 23.1 Å². The molecule has 0 unspecified atom stereocenters. The topological polar surface area (TPSA) is 69.9 Å². The van der Waals surface area contributed by atoms with Gasteiger partial charge in [-0.1, -0.05) is 12.1 Å². The van der Waals surface area contributed by atoms with Crippen LogP contribution in [0.1, 0.15) is 41.1 Å². The highest BCUT2D eigenvalue weighted by Gasteiger charge is 2.26. The summed E-state index contributed by atoms with van der Waals surface area (Å²) in [6.07, 6.45) is 4.05. The van der Waals surface area contributed by atoms with E-state index in [1.807, 2.05) is 63.3 Å². The molecule has 1 amide bonds. The van der Waals surface area contributed by atoms with Crippen LogP contribution in [0.15, 0.2) is 40.8 Å². The number of carbonyl (C=O) groups is 1. The van der Waals surface area contributed by atoms with Gasteiger partial charge in [-0.15, -0.1) is 0 Å². The number of ether oxygens (including phenoxy) is 3. The summed E-state index contributed by atoms with van der Waals surface area (Å²) < 4.78 is 22.6. The fourth-order valence-electron chi connectivity index (χ4n) is 3.74. The zero-order valence-corrected chi connectivity index (χ0v) is 16.5. The van der Waals surface area contributed by atoms with Gasteiger partial charge in [0.05, 0.1) is 0 Å². The van der Waals surface area contributed by atoms with E-state index in [4.69, 9.17) is 18.6 Å². The minimum Gasteiger partial charge on any atom is -0.483 e. The van der Waals surface area contributed by atoms with Crippen molar-refractivity contribution in [3.05, 3.63) is 58.9 Å². The molecule has 3 aromatic rings. The zero-order chi connectivity index (χ0) is 20.2. The number of nitrogens with one attached hydrogen (secondary N) is 1. The maximum Gasteiger partial charge on any atom is 0.287 e. The largest absolute Gasteiger partial charge is 0.483 e. The number of carbonyl (C=O) groups excluding carboxylic acids is 1. The molecule has 1 N–H and O–H groups in total. The summed E-state index contributed by atoms with van der Waals surface area (Å²) in [4.78, 5) is 12.8. The summed E-state index contributed by atoms with van der Waals surface area (Å²) >= 11 is 0. The van der Waals surface area contributed by atoms with E-state index in [0.717, 1.165) is 33.6 Å². The monoisotopic (exact) mass is 391 g/mol. The molecule has 5 rings (SSSR count). The van der Waals surface area contributed by atoms with Gasteiger partial charge in [-0.05, 0) is 56.7 Å². The quantitative estimate of drug-likeness (QED) is 0.707. The molecule has 148 valence electrons. The van der Waals surface area contributed by atoms with Crippen molar-refractivity contribution in [1.29, 1.82) is 0 Å². The lowest BCUT2D eigenvalue weighted by Gasteiger charge is -2.28. The highest BCUT2D eigenvalue weighted by Crippen LogP contribution is 2.39. The number of hydrogen-bond acceptors (Lipinski definition) is 5. The highest BCUT2D eigenvalue weighted by atomic mass is 16.7. The second-order valence-corrected chi connectivity index (χ2v) is 7.82. The number of fused-ring (bicyclic) bond motifs is 4. The van der Waals surface area contributed by atoms with Crippen LogP contribution < -0.4 is 19.5 Å². The van der Waals surface area contributed by atoms with Crippen LogP contribution in [0.5, 0.6) is 17.2 Å². The fourth-order valence-corrected chi connectivity index (χ4v) is 3.74. The van der Waals surface area contributed by atoms with Crippen LogP contribution in [-0.2, 0) is 6.54 Å². The van der Waals surface area contributed by atoms with Crippen molar-refractivity contribution in [1.82, 2.24) is 5.32 Å². The summed E-state index contributed by atoms with van der Waals surface area (Å²) in [6.45, 7) is 6.50. The minimum atomic E-state index is -0.358. The van der Waals surface area contributed by atoms with Crippen molar-refractivity contribution >= 4 is 23.0 Å². The maximum atomic E-state index is 12.8. The molecular weight excluding hydrogens is 370 g/mol. The Hall–Kier alpha value is -3.41. The lowest BCUT2D eigenvalue weighted by molar-refractivity contribution is 0.0924. The molecule has 6 nitrogen and oxygen atoms in total. The first-order chi connectivity index (χ1) is 13.9. The van der Waals surface area contributed by atoms with Crippen LogP contribution in [-0.4, -0.2) is 18.3 Å². The number of benzene rings is 2. The molecule has 2 aliphatic heterocycles. The number of aryl methyl sites for hydroxylation is 1. The SMILES string of the molecule is Cc1c(C(=O)NCc2ccc3c(c2)OCO3)oc2ccc3c(c12)C=CC(C)(C)O3. The van der Waals surface area contributed by atoms with Crippen molar-refractivity contribution in [2.45, 2.75) is 32.9 Å². The second kappa shape index (κ2) is 6.30. The van der Waals surface area contributed by atoms with Crippen molar-refractivity contribution in [3.63, 3.8) is 0 Å². The van der Waals surface area contributed by atoms with Crippen LogP contribution >= 0.6 is 0 Å². The molecule has 29 heavy (non-hydrogen) atoms. The minimum absolute atomic E-state index is 0.225. The Bertz CT molecular complexity index is 1170. The number of hydrogen-bond donors (Lipinski definition) is 1. The summed E-state index contributed by atoms with van der Waals surface area (Å²) in [6, 6.07) is 9.36. The van der Waals surface area contributed by atoms with Gasteiger partial charge in [0.15, 0.2) is 17.3 Å². The molecule has 3 heterocycles. The zero-order valence-electron chi connectivity index (χ0n) is 16.5. The molecule has 0 spiro atoms. The van der Waals surface area contributed by atoms with Crippen LogP contribution in [0.3, 0.4) is 0 Å². The van der Waals surface area contributed by atoms with Gasteiger partial charge < -0.3 is 23.9 Å². The van der Waals surface area contributed by atoms with E-state index in [2.05, 4.69) is 5.32 Å². The first-order valence-electron chi connectivity index (χ1n) is 9.52. The standard InChI is InChI=1S/C23H21NO5/c1-13-20-15-8-9-23(2,3)29-16(15)6-7-18(20)28-21(13)22(25)24-11-14-4-5-17-19(10-14)27-12-26-17/h4-10H,11-12H2,1-3H3,(H,24,25). The first kappa shape index (κ1) is 17.7. The van der Waals surface area contributed by atoms with E-state index >= 15 is 0 Å². The molecule has 0 radical (unpaired) electrons. The van der Waals surface area contributed by atoms with Gasteiger partial charge in [0.25, 0.3) is 5.91 Å². The first-order valence-corrected chi connectivity index (χ1v) is 9.52. The molecule has 0 bridgehead atoms. The third-order valence-corrected chi connectivity index (χ3v) is 5.22.